The lowest BCUT2D eigenvalue weighted by Gasteiger charge is -2.29. The minimum Gasteiger partial charge on any atom is -0.483 e. The van der Waals surface area contributed by atoms with E-state index < -0.39 is 10.8 Å². The largest absolute Gasteiger partial charge is 0.483 e. The molecule has 1 amide bonds. The number of amides is 1. The van der Waals surface area contributed by atoms with Gasteiger partial charge in [-0.15, -0.1) is 0 Å². The average Bonchev–Trinajstić information content (AvgIpc) is 2.83. The topological polar surface area (TPSA) is 106 Å². The number of hydrogen-bond acceptors (Lipinski definition) is 7. The van der Waals surface area contributed by atoms with Crippen molar-refractivity contribution in [3.63, 3.8) is 0 Å². The SMILES string of the molecule is O=C(COc1cccc2ccccc12)N/N=C\c1cc([N+](=O)[O-])ccc1N1CCOCC1. The second-order valence-electron chi connectivity index (χ2n) is 7.16. The predicted molar refractivity (Wildman–Crippen MR) is 121 cm³/mol. The first-order valence-corrected chi connectivity index (χ1v) is 10.2. The molecule has 3 aromatic rings. The molecule has 0 aliphatic carbocycles. The maximum absolute atomic E-state index is 12.2. The van der Waals surface area contributed by atoms with Crippen LogP contribution in [0.2, 0.25) is 0 Å². The van der Waals surface area contributed by atoms with E-state index in [1.165, 1.54) is 18.3 Å². The minimum absolute atomic E-state index is 0.0472. The van der Waals surface area contributed by atoms with Crippen LogP contribution in [0.1, 0.15) is 5.56 Å². The number of nitro benzene ring substituents is 1. The van der Waals surface area contributed by atoms with Gasteiger partial charge < -0.3 is 14.4 Å². The van der Waals surface area contributed by atoms with Gasteiger partial charge in [0, 0.05) is 41.9 Å². The molecule has 0 saturated carbocycles. The first-order chi connectivity index (χ1) is 15.6. The van der Waals surface area contributed by atoms with Crippen LogP contribution in [0.25, 0.3) is 10.8 Å². The van der Waals surface area contributed by atoms with Gasteiger partial charge in [-0.25, -0.2) is 5.43 Å². The molecule has 0 radical (unpaired) electrons. The molecule has 0 spiro atoms. The smallest absolute Gasteiger partial charge is 0.277 e. The van der Waals surface area contributed by atoms with E-state index in [0.29, 0.717) is 37.6 Å². The number of anilines is 1. The molecule has 1 saturated heterocycles. The fourth-order valence-corrected chi connectivity index (χ4v) is 3.52. The summed E-state index contributed by atoms with van der Waals surface area (Å²) >= 11 is 0. The number of benzene rings is 3. The second-order valence-corrected chi connectivity index (χ2v) is 7.16. The van der Waals surface area contributed by atoms with E-state index in [2.05, 4.69) is 15.4 Å². The summed E-state index contributed by atoms with van der Waals surface area (Å²) in [4.78, 5) is 25.0. The Morgan fingerprint density at radius 2 is 1.94 bits per heavy atom. The van der Waals surface area contributed by atoms with Crippen molar-refractivity contribution in [3.8, 4) is 5.75 Å². The van der Waals surface area contributed by atoms with Crippen molar-refractivity contribution in [2.24, 2.45) is 5.10 Å². The number of non-ortho nitro benzene ring substituents is 1. The van der Waals surface area contributed by atoms with Crippen LogP contribution in [0.5, 0.6) is 5.75 Å². The third kappa shape index (κ3) is 5.01. The maximum atomic E-state index is 12.2. The molecule has 1 N–H and O–H groups in total. The fraction of sp³-hybridized carbons (Fsp3) is 0.217. The third-order valence-corrected chi connectivity index (χ3v) is 5.07. The third-order valence-electron chi connectivity index (χ3n) is 5.07. The quantitative estimate of drug-likeness (QED) is 0.348. The molecule has 164 valence electrons. The molecule has 3 aromatic carbocycles. The Kier molecular flexibility index (Phi) is 6.57. The van der Waals surface area contributed by atoms with Crippen LogP contribution in [-0.2, 0) is 9.53 Å². The van der Waals surface area contributed by atoms with E-state index in [0.717, 1.165) is 16.5 Å². The lowest BCUT2D eigenvalue weighted by atomic mass is 10.1. The summed E-state index contributed by atoms with van der Waals surface area (Å²) < 4.78 is 11.0. The van der Waals surface area contributed by atoms with Gasteiger partial charge in [-0.2, -0.15) is 5.10 Å². The number of nitro groups is 1. The molecule has 32 heavy (non-hydrogen) atoms. The molecule has 0 aromatic heterocycles. The van der Waals surface area contributed by atoms with E-state index in [1.54, 1.807) is 12.1 Å². The number of morpholine rings is 1. The zero-order chi connectivity index (χ0) is 22.3. The molecule has 1 aliphatic rings. The number of rotatable bonds is 7. The van der Waals surface area contributed by atoms with Crippen LogP contribution in [-0.4, -0.2) is 50.0 Å². The van der Waals surface area contributed by atoms with Crippen LogP contribution in [0.4, 0.5) is 11.4 Å². The summed E-state index contributed by atoms with van der Waals surface area (Å²) in [6, 6.07) is 18.0. The van der Waals surface area contributed by atoms with Gasteiger partial charge in [0.2, 0.25) is 0 Å². The van der Waals surface area contributed by atoms with Crippen molar-refractivity contribution < 1.29 is 19.2 Å². The van der Waals surface area contributed by atoms with Crippen molar-refractivity contribution in [1.82, 2.24) is 5.43 Å². The Bertz CT molecular complexity index is 1150. The number of fused-ring (bicyclic) bond motifs is 1. The molecule has 1 aliphatic heterocycles. The molecule has 9 heteroatoms. The molecule has 0 bridgehead atoms. The molecule has 9 nitrogen and oxygen atoms in total. The first kappa shape index (κ1) is 21.3. The van der Waals surface area contributed by atoms with Gasteiger partial charge >= 0.3 is 0 Å². The second kappa shape index (κ2) is 9.88. The van der Waals surface area contributed by atoms with Gasteiger partial charge in [-0.1, -0.05) is 36.4 Å². The van der Waals surface area contributed by atoms with E-state index in [4.69, 9.17) is 9.47 Å². The maximum Gasteiger partial charge on any atom is 0.277 e. The Balaban J connectivity index is 1.42. The first-order valence-electron chi connectivity index (χ1n) is 10.2. The molecule has 4 rings (SSSR count). The summed E-state index contributed by atoms with van der Waals surface area (Å²) in [6.45, 7) is 2.29. The van der Waals surface area contributed by atoms with Gasteiger partial charge in [0.1, 0.15) is 5.75 Å². The Labute approximate surface area is 184 Å². The van der Waals surface area contributed by atoms with Crippen molar-refractivity contribution in [1.29, 1.82) is 0 Å². The Morgan fingerprint density at radius 1 is 1.16 bits per heavy atom. The summed E-state index contributed by atoms with van der Waals surface area (Å²) in [5.74, 6) is 0.169. The van der Waals surface area contributed by atoms with Crippen molar-refractivity contribution in [2.75, 3.05) is 37.8 Å². The number of hydrazone groups is 1. The number of nitrogens with zero attached hydrogens (tertiary/aromatic N) is 3. The lowest BCUT2D eigenvalue weighted by Crippen LogP contribution is -2.36. The van der Waals surface area contributed by atoms with Crippen LogP contribution in [0.3, 0.4) is 0 Å². The lowest BCUT2D eigenvalue weighted by molar-refractivity contribution is -0.384. The van der Waals surface area contributed by atoms with Gasteiger partial charge in [-0.05, 0) is 17.5 Å². The normalized spacial score (nSPS) is 13.9. The van der Waals surface area contributed by atoms with Gasteiger partial charge in [0.05, 0.1) is 24.4 Å². The summed E-state index contributed by atoms with van der Waals surface area (Å²) in [6.07, 6.45) is 1.41. The summed E-state index contributed by atoms with van der Waals surface area (Å²) in [5, 5.41) is 17.1. The highest BCUT2D eigenvalue weighted by molar-refractivity contribution is 5.91. The van der Waals surface area contributed by atoms with Gasteiger partial charge in [-0.3, -0.25) is 14.9 Å². The monoisotopic (exact) mass is 434 g/mol. The zero-order valence-electron chi connectivity index (χ0n) is 17.3. The van der Waals surface area contributed by atoms with Crippen LogP contribution < -0.4 is 15.1 Å². The Morgan fingerprint density at radius 3 is 2.75 bits per heavy atom. The Hall–Kier alpha value is -3.98. The van der Waals surface area contributed by atoms with Crippen molar-refractivity contribution in [2.45, 2.75) is 0 Å². The van der Waals surface area contributed by atoms with Gasteiger partial charge in [0.15, 0.2) is 6.61 Å². The highest BCUT2D eigenvalue weighted by Gasteiger charge is 2.17. The highest BCUT2D eigenvalue weighted by atomic mass is 16.6. The van der Waals surface area contributed by atoms with E-state index in [9.17, 15) is 14.9 Å². The molecular formula is C23H22N4O5. The van der Waals surface area contributed by atoms with Crippen molar-refractivity contribution in [3.05, 3.63) is 76.3 Å². The fourth-order valence-electron chi connectivity index (χ4n) is 3.52. The van der Waals surface area contributed by atoms with Gasteiger partial charge in [0.25, 0.3) is 11.6 Å². The standard InChI is InChI=1S/C23H22N4O5/c28-23(16-32-22-7-3-5-17-4-1-2-6-20(17)22)25-24-15-18-14-19(27(29)30)8-9-21(18)26-10-12-31-13-11-26/h1-9,14-15H,10-13,16H2,(H,25,28)/b24-15-. The number of carbonyl (C=O) groups excluding carboxylic acids is 1. The van der Waals surface area contributed by atoms with Crippen LogP contribution in [0.15, 0.2) is 65.8 Å². The van der Waals surface area contributed by atoms with E-state index >= 15 is 0 Å². The average molecular weight is 434 g/mol. The zero-order valence-corrected chi connectivity index (χ0v) is 17.3. The van der Waals surface area contributed by atoms with E-state index in [-0.39, 0.29) is 12.3 Å². The minimum atomic E-state index is -0.461. The number of hydrogen-bond donors (Lipinski definition) is 1. The predicted octanol–water partition coefficient (Wildman–Crippen LogP) is 3.11. The highest BCUT2D eigenvalue weighted by Crippen LogP contribution is 2.26. The number of ether oxygens (including phenoxy) is 2. The van der Waals surface area contributed by atoms with Crippen molar-refractivity contribution >= 4 is 34.3 Å². The summed E-state index contributed by atoms with van der Waals surface area (Å²) in [5.41, 5.74) is 3.71. The van der Waals surface area contributed by atoms with Crippen LogP contribution in [0, 0.1) is 10.1 Å². The molecule has 1 heterocycles. The molecule has 1 fully saturated rings. The number of carbonyl (C=O) groups is 1. The molecular weight excluding hydrogens is 412 g/mol. The number of nitrogens with one attached hydrogen (secondary N) is 1. The molecule has 0 unspecified atom stereocenters. The molecule has 0 atom stereocenters. The van der Waals surface area contributed by atoms with E-state index in [1.807, 2.05) is 36.4 Å². The van der Waals surface area contributed by atoms with Crippen LogP contribution >= 0.6 is 0 Å². The summed E-state index contributed by atoms with van der Waals surface area (Å²) in [7, 11) is 0.